The minimum Gasteiger partial charge on any atom is -0.352 e. The number of carbonyl (C=O) groups is 2. The van der Waals surface area contributed by atoms with E-state index in [-0.39, 0.29) is 30.8 Å². The lowest BCUT2D eigenvalue weighted by atomic mass is 10.1. The molecule has 0 bridgehead atoms. The Morgan fingerprint density at radius 3 is 2.24 bits per heavy atom. The van der Waals surface area contributed by atoms with Gasteiger partial charge in [0.15, 0.2) is 0 Å². The van der Waals surface area contributed by atoms with Crippen LogP contribution in [-0.2, 0) is 26.0 Å². The second kappa shape index (κ2) is 12.6. The summed E-state index contributed by atoms with van der Waals surface area (Å²) in [6, 6.07) is 16.4. The standard InChI is InChI=1S/C26H37N3O4S/c1-20(2)27-26(31)22(4)28(18-16-23-12-7-6-8-13-23)25(30)15-10-17-29(34(5,32)33)24-14-9-11-21(3)19-24/h6-9,11-14,19-20,22H,10,15-18H2,1-5H3,(H,27,31)/t22-/m1/s1. The van der Waals surface area contributed by atoms with Crippen LogP contribution in [0.5, 0.6) is 0 Å². The van der Waals surface area contributed by atoms with Crippen molar-refractivity contribution in [2.45, 2.75) is 59.0 Å². The molecule has 1 atom stereocenters. The first kappa shape index (κ1) is 27.4. The van der Waals surface area contributed by atoms with Crippen LogP contribution in [0, 0.1) is 6.92 Å². The third kappa shape index (κ3) is 8.48. The van der Waals surface area contributed by atoms with Crippen molar-refractivity contribution in [1.82, 2.24) is 10.2 Å². The maximum absolute atomic E-state index is 13.2. The molecule has 0 fully saturated rings. The lowest BCUT2D eigenvalue weighted by molar-refractivity contribution is -0.140. The van der Waals surface area contributed by atoms with E-state index in [1.165, 1.54) is 10.6 Å². The molecular formula is C26H37N3O4S. The van der Waals surface area contributed by atoms with E-state index in [9.17, 15) is 18.0 Å². The summed E-state index contributed by atoms with van der Waals surface area (Å²) in [5, 5.41) is 2.88. The summed E-state index contributed by atoms with van der Waals surface area (Å²) in [7, 11) is -3.50. The molecule has 0 unspecified atom stereocenters. The van der Waals surface area contributed by atoms with Gasteiger partial charge in [0.05, 0.1) is 11.9 Å². The van der Waals surface area contributed by atoms with Crippen molar-refractivity contribution in [3.63, 3.8) is 0 Å². The van der Waals surface area contributed by atoms with Crippen molar-refractivity contribution in [2.24, 2.45) is 0 Å². The molecule has 0 radical (unpaired) electrons. The maximum Gasteiger partial charge on any atom is 0.242 e. The van der Waals surface area contributed by atoms with E-state index in [1.54, 1.807) is 17.9 Å². The zero-order valence-electron chi connectivity index (χ0n) is 20.8. The molecule has 2 rings (SSSR count). The molecule has 7 nitrogen and oxygen atoms in total. The minimum absolute atomic E-state index is 0.0290. The Balaban J connectivity index is 2.10. The molecule has 186 valence electrons. The topological polar surface area (TPSA) is 86.8 Å². The summed E-state index contributed by atoms with van der Waals surface area (Å²) in [6.45, 7) is 7.99. The Kier molecular flexibility index (Phi) is 10.1. The summed E-state index contributed by atoms with van der Waals surface area (Å²) in [5.74, 6) is -0.367. The number of hydrogen-bond acceptors (Lipinski definition) is 4. The molecule has 2 aromatic carbocycles. The first-order valence-corrected chi connectivity index (χ1v) is 13.5. The number of hydrogen-bond donors (Lipinski definition) is 1. The van der Waals surface area contributed by atoms with Crippen molar-refractivity contribution in [1.29, 1.82) is 0 Å². The first-order chi connectivity index (χ1) is 16.0. The molecule has 0 heterocycles. The Hall–Kier alpha value is -2.87. The summed E-state index contributed by atoms with van der Waals surface area (Å²) in [6.07, 6.45) is 2.29. The molecule has 34 heavy (non-hydrogen) atoms. The molecule has 0 aliphatic rings. The molecule has 0 saturated carbocycles. The highest BCUT2D eigenvalue weighted by atomic mass is 32.2. The van der Waals surface area contributed by atoms with Gasteiger partial charge < -0.3 is 10.2 Å². The van der Waals surface area contributed by atoms with Crippen LogP contribution in [0.3, 0.4) is 0 Å². The van der Waals surface area contributed by atoms with Gasteiger partial charge in [-0.25, -0.2) is 8.42 Å². The number of aryl methyl sites for hydroxylation is 1. The van der Waals surface area contributed by atoms with Gasteiger partial charge in [-0.1, -0.05) is 42.5 Å². The SMILES string of the molecule is Cc1cccc(N(CCCC(=O)N(CCc2ccccc2)[C@H](C)C(=O)NC(C)C)S(C)(=O)=O)c1. The molecule has 0 aliphatic heterocycles. The fraction of sp³-hybridized carbons (Fsp3) is 0.462. The van der Waals surface area contributed by atoms with Gasteiger partial charge in [0.2, 0.25) is 21.8 Å². The minimum atomic E-state index is -3.50. The predicted octanol–water partition coefficient (Wildman–Crippen LogP) is 3.53. The van der Waals surface area contributed by atoms with Gasteiger partial charge >= 0.3 is 0 Å². The smallest absolute Gasteiger partial charge is 0.242 e. The highest BCUT2D eigenvalue weighted by Crippen LogP contribution is 2.20. The van der Waals surface area contributed by atoms with Crippen molar-refractivity contribution >= 4 is 27.5 Å². The number of rotatable bonds is 12. The van der Waals surface area contributed by atoms with Gasteiger partial charge in [-0.2, -0.15) is 0 Å². The van der Waals surface area contributed by atoms with E-state index in [0.717, 1.165) is 11.1 Å². The molecule has 2 aromatic rings. The van der Waals surface area contributed by atoms with Crippen LogP contribution in [-0.4, -0.2) is 56.6 Å². The Labute approximate surface area is 204 Å². The maximum atomic E-state index is 13.2. The van der Waals surface area contributed by atoms with Crippen LogP contribution in [0.4, 0.5) is 5.69 Å². The number of carbonyl (C=O) groups excluding carboxylic acids is 2. The fourth-order valence-electron chi connectivity index (χ4n) is 3.76. The zero-order chi connectivity index (χ0) is 25.3. The van der Waals surface area contributed by atoms with Gasteiger partial charge in [-0.15, -0.1) is 0 Å². The molecular weight excluding hydrogens is 450 g/mol. The van der Waals surface area contributed by atoms with E-state index < -0.39 is 16.1 Å². The van der Waals surface area contributed by atoms with Crippen molar-refractivity contribution in [3.05, 3.63) is 65.7 Å². The molecule has 8 heteroatoms. The normalized spacial score (nSPS) is 12.3. The van der Waals surface area contributed by atoms with Crippen molar-refractivity contribution in [2.75, 3.05) is 23.7 Å². The fourth-order valence-corrected chi connectivity index (χ4v) is 4.72. The summed E-state index contributed by atoms with van der Waals surface area (Å²) in [4.78, 5) is 27.4. The number of nitrogens with zero attached hydrogens (tertiary/aromatic N) is 2. The monoisotopic (exact) mass is 487 g/mol. The Morgan fingerprint density at radius 1 is 0.971 bits per heavy atom. The summed E-state index contributed by atoms with van der Waals surface area (Å²) >= 11 is 0. The van der Waals surface area contributed by atoms with Gasteiger partial charge in [0.25, 0.3) is 0 Å². The Morgan fingerprint density at radius 2 is 1.65 bits per heavy atom. The number of benzene rings is 2. The number of anilines is 1. The highest BCUT2D eigenvalue weighted by molar-refractivity contribution is 7.92. The average molecular weight is 488 g/mol. The van der Waals surface area contributed by atoms with Crippen LogP contribution < -0.4 is 9.62 Å². The lowest BCUT2D eigenvalue weighted by Gasteiger charge is -2.30. The van der Waals surface area contributed by atoms with Gasteiger partial charge in [-0.3, -0.25) is 13.9 Å². The van der Waals surface area contributed by atoms with Crippen LogP contribution >= 0.6 is 0 Å². The van der Waals surface area contributed by atoms with Crippen molar-refractivity contribution < 1.29 is 18.0 Å². The van der Waals surface area contributed by atoms with Crippen LogP contribution in [0.25, 0.3) is 0 Å². The summed E-state index contributed by atoms with van der Waals surface area (Å²) in [5.41, 5.74) is 2.62. The number of sulfonamides is 1. The van der Waals surface area contributed by atoms with E-state index in [2.05, 4.69) is 5.32 Å². The van der Waals surface area contributed by atoms with Crippen LogP contribution in [0.15, 0.2) is 54.6 Å². The molecule has 0 aromatic heterocycles. The Bertz CT molecular complexity index is 1050. The van der Waals surface area contributed by atoms with Crippen LogP contribution in [0.2, 0.25) is 0 Å². The van der Waals surface area contributed by atoms with Gasteiger partial charge in [0, 0.05) is 25.6 Å². The van der Waals surface area contributed by atoms with Crippen LogP contribution in [0.1, 0.15) is 44.7 Å². The molecule has 0 spiro atoms. The highest BCUT2D eigenvalue weighted by Gasteiger charge is 2.26. The van der Waals surface area contributed by atoms with E-state index in [4.69, 9.17) is 0 Å². The zero-order valence-corrected chi connectivity index (χ0v) is 21.6. The van der Waals surface area contributed by atoms with Gasteiger partial charge in [-0.05, 0) is 63.8 Å². The van der Waals surface area contributed by atoms with Gasteiger partial charge in [0.1, 0.15) is 6.04 Å². The quantitative estimate of drug-likeness (QED) is 0.496. The second-order valence-electron chi connectivity index (χ2n) is 8.94. The molecule has 2 amide bonds. The number of nitrogens with one attached hydrogen (secondary N) is 1. The van der Waals surface area contributed by atoms with E-state index in [1.807, 2.05) is 69.3 Å². The largest absolute Gasteiger partial charge is 0.352 e. The first-order valence-electron chi connectivity index (χ1n) is 11.7. The van der Waals surface area contributed by atoms with E-state index >= 15 is 0 Å². The average Bonchev–Trinajstić information content (AvgIpc) is 2.76. The van der Waals surface area contributed by atoms with Crippen molar-refractivity contribution in [3.8, 4) is 0 Å². The van der Waals surface area contributed by atoms with E-state index in [0.29, 0.717) is 25.1 Å². The summed E-state index contributed by atoms with van der Waals surface area (Å²) < 4.78 is 26.1. The number of amides is 2. The third-order valence-electron chi connectivity index (χ3n) is 5.52. The molecule has 0 saturated heterocycles. The molecule has 0 aliphatic carbocycles. The lowest BCUT2D eigenvalue weighted by Crippen LogP contribution is -2.50. The predicted molar refractivity (Wildman–Crippen MR) is 137 cm³/mol. The third-order valence-corrected chi connectivity index (χ3v) is 6.72. The molecule has 1 N–H and O–H groups in total. The second-order valence-corrected chi connectivity index (χ2v) is 10.8.